The van der Waals surface area contributed by atoms with E-state index in [4.69, 9.17) is 24.8 Å². The Balaban J connectivity index is 4.61. The molecule has 0 rings (SSSR count). The van der Waals surface area contributed by atoms with Gasteiger partial charge in [0.15, 0.2) is 6.10 Å². The lowest BCUT2D eigenvalue weighted by molar-refractivity contribution is -0.161. The maximum absolute atomic E-state index is 12.6. The zero-order valence-corrected chi connectivity index (χ0v) is 37.4. The summed E-state index contributed by atoms with van der Waals surface area (Å²) in [5, 5.41) is 8.89. The van der Waals surface area contributed by atoms with E-state index < -0.39 is 57.7 Å². The molecule has 0 saturated carbocycles. The van der Waals surface area contributed by atoms with E-state index in [2.05, 4.69) is 97.4 Å². The molecule has 0 saturated heterocycles. The molecule has 0 radical (unpaired) electrons. The number of unbranched alkanes of at least 4 members (excludes halogenated alkanes) is 7. The van der Waals surface area contributed by atoms with Gasteiger partial charge in [-0.25, -0.2) is 4.57 Å². The monoisotopic (exact) mass is 858 g/mol. The third-order valence-electron chi connectivity index (χ3n) is 8.51. The summed E-state index contributed by atoms with van der Waals surface area (Å²) in [6.07, 6.45) is 54.6. The first-order chi connectivity index (χ1) is 29.1. The van der Waals surface area contributed by atoms with Crippen molar-refractivity contribution in [2.24, 2.45) is 5.73 Å². The van der Waals surface area contributed by atoms with Crippen LogP contribution in [0, 0.1) is 0 Å². The van der Waals surface area contributed by atoms with Crippen LogP contribution in [-0.2, 0) is 37.5 Å². The van der Waals surface area contributed by atoms with Gasteiger partial charge in [0.05, 0.1) is 13.2 Å². The fourth-order valence-electron chi connectivity index (χ4n) is 5.04. The SMILES string of the molecule is CCCCC/C=C\C/C=C\C/C=C\C/C=C\C/C=C\CCC(=O)O[C@H](COC(=O)CCC/C=C\C/C=C\C/C=C\C/C=C\CCCCC)COP(=O)(O)OC[C@H](N)C(=O)O. The molecule has 12 heteroatoms. The number of hydrogen-bond donors (Lipinski definition) is 3. The molecule has 338 valence electrons. The highest BCUT2D eigenvalue weighted by Gasteiger charge is 2.28. The van der Waals surface area contributed by atoms with Crippen LogP contribution in [0.15, 0.2) is 109 Å². The summed E-state index contributed by atoms with van der Waals surface area (Å²) in [6, 6.07) is -1.55. The minimum Gasteiger partial charge on any atom is -0.480 e. The zero-order chi connectivity index (χ0) is 44.2. The lowest BCUT2D eigenvalue weighted by Gasteiger charge is -2.20. The molecule has 4 N–H and O–H groups in total. The molecular weight excluding hydrogens is 781 g/mol. The molecule has 0 aromatic carbocycles. The molecule has 0 aliphatic carbocycles. The van der Waals surface area contributed by atoms with Gasteiger partial charge in [-0.3, -0.25) is 23.4 Å². The Morgan fingerprint density at radius 1 is 0.517 bits per heavy atom. The number of esters is 2. The van der Waals surface area contributed by atoms with E-state index in [9.17, 15) is 23.8 Å². The van der Waals surface area contributed by atoms with E-state index in [-0.39, 0.29) is 12.8 Å². The fourth-order valence-corrected chi connectivity index (χ4v) is 5.82. The number of phosphoric ester groups is 1. The predicted octanol–water partition coefficient (Wildman–Crippen LogP) is 11.8. The Bertz CT molecular complexity index is 1430. The predicted molar refractivity (Wildman–Crippen MR) is 244 cm³/mol. The van der Waals surface area contributed by atoms with E-state index in [0.717, 1.165) is 51.4 Å². The third kappa shape index (κ3) is 40.9. The quantitative estimate of drug-likeness (QED) is 0.0232. The van der Waals surface area contributed by atoms with Crippen molar-refractivity contribution in [2.45, 2.75) is 154 Å². The summed E-state index contributed by atoms with van der Waals surface area (Å²) in [6.45, 7) is 2.59. The third-order valence-corrected chi connectivity index (χ3v) is 9.46. The summed E-state index contributed by atoms with van der Waals surface area (Å²) >= 11 is 0. The molecule has 0 aromatic heterocycles. The number of aliphatic carboxylic acids is 1. The number of carbonyl (C=O) groups excluding carboxylic acids is 2. The Morgan fingerprint density at radius 3 is 1.32 bits per heavy atom. The van der Waals surface area contributed by atoms with Gasteiger partial charge in [-0.15, -0.1) is 0 Å². The highest BCUT2D eigenvalue weighted by molar-refractivity contribution is 7.47. The molecule has 0 aliphatic rings. The van der Waals surface area contributed by atoms with E-state index in [1.807, 2.05) is 30.4 Å². The minimum atomic E-state index is -4.76. The molecule has 0 amide bonds. The Labute approximate surface area is 361 Å². The van der Waals surface area contributed by atoms with Crippen LogP contribution < -0.4 is 5.73 Å². The molecule has 0 aliphatic heterocycles. The normalized spacial score (nSPS) is 14.7. The van der Waals surface area contributed by atoms with E-state index in [0.29, 0.717) is 25.7 Å². The zero-order valence-electron chi connectivity index (χ0n) is 36.5. The van der Waals surface area contributed by atoms with Crippen LogP contribution in [0.1, 0.15) is 142 Å². The number of carbonyl (C=O) groups is 3. The van der Waals surface area contributed by atoms with Crippen LogP contribution in [0.25, 0.3) is 0 Å². The largest absolute Gasteiger partial charge is 0.480 e. The molecule has 60 heavy (non-hydrogen) atoms. The van der Waals surface area contributed by atoms with Gasteiger partial charge in [-0.05, 0) is 89.9 Å². The number of allylic oxidation sites excluding steroid dienone is 18. The van der Waals surface area contributed by atoms with Crippen LogP contribution in [0.3, 0.4) is 0 Å². The highest BCUT2D eigenvalue weighted by Crippen LogP contribution is 2.43. The first-order valence-electron chi connectivity index (χ1n) is 21.9. The van der Waals surface area contributed by atoms with E-state index in [1.165, 1.54) is 38.5 Å². The molecule has 0 spiro atoms. The summed E-state index contributed by atoms with van der Waals surface area (Å²) in [7, 11) is -4.76. The molecule has 0 aromatic rings. The molecule has 1 unspecified atom stereocenters. The first kappa shape index (κ1) is 56.1. The second-order valence-electron chi connectivity index (χ2n) is 14.1. The molecule has 0 bridgehead atoms. The number of carboxylic acids is 1. The summed E-state index contributed by atoms with van der Waals surface area (Å²) in [4.78, 5) is 45.9. The van der Waals surface area contributed by atoms with E-state index in [1.54, 1.807) is 0 Å². The second kappa shape index (κ2) is 41.9. The number of nitrogens with two attached hydrogens (primary N) is 1. The molecule has 0 fully saturated rings. The van der Waals surface area contributed by atoms with Crippen molar-refractivity contribution in [1.29, 1.82) is 0 Å². The lowest BCUT2D eigenvalue weighted by atomic mass is 10.2. The minimum absolute atomic E-state index is 0.0192. The maximum Gasteiger partial charge on any atom is 0.472 e. The van der Waals surface area contributed by atoms with Crippen molar-refractivity contribution in [2.75, 3.05) is 19.8 Å². The number of carboxylic acid groups (broad SMARTS) is 1. The van der Waals surface area contributed by atoms with Crippen LogP contribution in [-0.4, -0.2) is 59.9 Å². The number of ether oxygens (including phenoxy) is 2. The van der Waals surface area contributed by atoms with Crippen molar-refractivity contribution < 1.29 is 47.5 Å². The van der Waals surface area contributed by atoms with E-state index >= 15 is 0 Å². The van der Waals surface area contributed by atoms with Gasteiger partial charge >= 0.3 is 25.7 Å². The number of phosphoric acid groups is 1. The van der Waals surface area contributed by atoms with Crippen molar-refractivity contribution >= 4 is 25.7 Å². The van der Waals surface area contributed by atoms with Gasteiger partial charge in [0, 0.05) is 12.8 Å². The van der Waals surface area contributed by atoms with Gasteiger partial charge in [-0.1, -0.05) is 149 Å². The van der Waals surface area contributed by atoms with Crippen molar-refractivity contribution in [1.82, 2.24) is 0 Å². The van der Waals surface area contributed by atoms with Gasteiger partial charge in [0.1, 0.15) is 12.6 Å². The number of hydrogen-bond acceptors (Lipinski definition) is 9. The van der Waals surface area contributed by atoms with Crippen LogP contribution in [0.5, 0.6) is 0 Å². The molecule has 3 atom stereocenters. The van der Waals surface area contributed by atoms with Gasteiger partial charge in [0.25, 0.3) is 0 Å². The molecule has 11 nitrogen and oxygen atoms in total. The standard InChI is InChI=1S/C48H76NO10P/c1-3-5-7-9-11-13-15-17-19-21-22-24-26-28-30-32-34-36-38-40-47(51)59-44(42-57-60(54,55)58-43-45(49)48(52)53)41-56-46(50)39-37-35-33-31-29-27-25-23-20-18-16-14-12-10-8-6-4-2/h11-14,17-20,22,24-25,27-28,30-31,33-34,36,44-45H,3-10,15-16,21,23,26,29,32,35,37-43,49H2,1-2H3,(H,52,53)(H,54,55)/b13-11-,14-12-,19-17-,20-18-,24-22-,27-25-,30-28-,33-31-,36-34-/t44-,45+/m1/s1. The van der Waals surface area contributed by atoms with Gasteiger partial charge < -0.3 is 25.2 Å². The molecular formula is C48H76NO10P. The van der Waals surface area contributed by atoms with Crippen molar-refractivity contribution in [3.8, 4) is 0 Å². The summed E-state index contributed by atoms with van der Waals surface area (Å²) in [5.41, 5.74) is 5.32. The van der Waals surface area contributed by atoms with Crippen molar-refractivity contribution in [3.63, 3.8) is 0 Å². The smallest absolute Gasteiger partial charge is 0.472 e. The average Bonchev–Trinajstić information content (AvgIpc) is 3.22. The molecule has 0 heterocycles. The first-order valence-corrected chi connectivity index (χ1v) is 23.4. The topological polar surface area (TPSA) is 172 Å². The van der Waals surface area contributed by atoms with Crippen LogP contribution in [0.4, 0.5) is 0 Å². The maximum atomic E-state index is 12.6. The lowest BCUT2D eigenvalue weighted by Crippen LogP contribution is -2.34. The summed E-state index contributed by atoms with van der Waals surface area (Å²) < 4.78 is 32.5. The van der Waals surface area contributed by atoms with Crippen LogP contribution >= 0.6 is 7.82 Å². The second-order valence-corrected chi connectivity index (χ2v) is 15.6. The average molecular weight is 858 g/mol. The van der Waals surface area contributed by atoms with Crippen LogP contribution in [0.2, 0.25) is 0 Å². The fraction of sp³-hybridized carbons (Fsp3) is 0.562. The van der Waals surface area contributed by atoms with Crippen molar-refractivity contribution in [3.05, 3.63) is 109 Å². The Hall–Kier alpha value is -3.86. The Morgan fingerprint density at radius 2 is 0.900 bits per heavy atom. The van der Waals surface area contributed by atoms with Gasteiger partial charge in [0.2, 0.25) is 0 Å². The summed E-state index contributed by atoms with van der Waals surface area (Å²) in [5.74, 6) is -2.57. The van der Waals surface area contributed by atoms with Gasteiger partial charge in [-0.2, -0.15) is 0 Å². The Kier molecular flexibility index (Phi) is 39.2. The highest BCUT2D eigenvalue weighted by atomic mass is 31.2. The number of rotatable bonds is 39.